The van der Waals surface area contributed by atoms with Gasteiger partial charge < -0.3 is 11.1 Å². The van der Waals surface area contributed by atoms with E-state index in [1.54, 1.807) is 0 Å². The quantitative estimate of drug-likeness (QED) is 0.777. The van der Waals surface area contributed by atoms with E-state index in [0.29, 0.717) is 0 Å². The van der Waals surface area contributed by atoms with Gasteiger partial charge in [0, 0.05) is 18.5 Å². The standard InChI is InChI=1S/C13H21FN2/c1-3-12(13(15)8-14)11-6-4-10(5-7-11)9-16-2/h4-7,12-13,16H,3,8-9,15H2,1-2H3. The molecule has 0 aliphatic heterocycles. The van der Waals surface area contributed by atoms with E-state index in [0.717, 1.165) is 18.5 Å². The lowest BCUT2D eigenvalue weighted by molar-refractivity contribution is 0.380. The molecule has 0 radical (unpaired) electrons. The fraction of sp³-hybridized carbons (Fsp3) is 0.538. The summed E-state index contributed by atoms with van der Waals surface area (Å²) in [7, 11) is 1.92. The maximum atomic E-state index is 12.6. The molecule has 0 amide bonds. The van der Waals surface area contributed by atoms with Crippen molar-refractivity contribution in [3.05, 3.63) is 35.4 Å². The first-order chi connectivity index (χ1) is 7.72. The van der Waals surface area contributed by atoms with Crippen LogP contribution in [0.25, 0.3) is 0 Å². The molecule has 16 heavy (non-hydrogen) atoms. The number of hydrogen-bond acceptors (Lipinski definition) is 2. The minimum atomic E-state index is -0.462. The largest absolute Gasteiger partial charge is 0.325 e. The van der Waals surface area contributed by atoms with Crippen LogP contribution >= 0.6 is 0 Å². The van der Waals surface area contributed by atoms with Gasteiger partial charge in [0.2, 0.25) is 0 Å². The highest BCUT2D eigenvalue weighted by Gasteiger charge is 2.17. The average molecular weight is 224 g/mol. The molecule has 1 aromatic carbocycles. The predicted molar refractivity (Wildman–Crippen MR) is 66.2 cm³/mol. The van der Waals surface area contributed by atoms with Gasteiger partial charge in [0.25, 0.3) is 0 Å². The minimum absolute atomic E-state index is 0.119. The van der Waals surface area contributed by atoms with Crippen LogP contribution in [0.1, 0.15) is 30.4 Å². The Morgan fingerprint density at radius 1 is 1.31 bits per heavy atom. The van der Waals surface area contributed by atoms with Crippen molar-refractivity contribution >= 4 is 0 Å². The van der Waals surface area contributed by atoms with Gasteiger partial charge in [-0.15, -0.1) is 0 Å². The number of benzene rings is 1. The van der Waals surface area contributed by atoms with Crippen molar-refractivity contribution in [3.63, 3.8) is 0 Å². The van der Waals surface area contributed by atoms with E-state index in [2.05, 4.69) is 29.6 Å². The van der Waals surface area contributed by atoms with Crippen LogP contribution in [0.2, 0.25) is 0 Å². The summed E-state index contributed by atoms with van der Waals surface area (Å²) in [6.45, 7) is 2.44. The maximum Gasteiger partial charge on any atom is 0.105 e. The lowest BCUT2D eigenvalue weighted by Crippen LogP contribution is -2.30. The van der Waals surface area contributed by atoms with Gasteiger partial charge in [-0.25, -0.2) is 4.39 Å². The number of nitrogens with one attached hydrogen (secondary N) is 1. The molecule has 2 atom stereocenters. The molecule has 2 nitrogen and oxygen atoms in total. The maximum absolute atomic E-state index is 12.6. The Morgan fingerprint density at radius 3 is 2.38 bits per heavy atom. The van der Waals surface area contributed by atoms with Crippen LogP contribution in [0.5, 0.6) is 0 Å². The SMILES string of the molecule is CCC(c1ccc(CNC)cc1)C(N)CF. The van der Waals surface area contributed by atoms with Crippen LogP contribution in [0.15, 0.2) is 24.3 Å². The Hall–Kier alpha value is -0.930. The molecule has 0 saturated heterocycles. The fourth-order valence-electron chi connectivity index (χ4n) is 1.98. The van der Waals surface area contributed by atoms with Gasteiger partial charge in [-0.05, 0) is 24.6 Å². The van der Waals surface area contributed by atoms with Crippen LogP contribution in [-0.4, -0.2) is 19.8 Å². The smallest absolute Gasteiger partial charge is 0.105 e. The first-order valence-electron chi connectivity index (χ1n) is 5.77. The van der Waals surface area contributed by atoms with Gasteiger partial charge >= 0.3 is 0 Å². The van der Waals surface area contributed by atoms with E-state index >= 15 is 0 Å². The number of rotatable bonds is 6. The first-order valence-corrected chi connectivity index (χ1v) is 5.77. The summed E-state index contributed by atoms with van der Waals surface area (Å²) in [4.78, 5) is 0. The molecule has 0 bridgehead atoms. The molecular formula is C13H21FN2. The highest BCUT2D eigenvalue weighted by atomic mass is 19.1. The van der Waals surface area contributed by atoms with E-state index in [9.17, 15) is 4.39 Å². The van der Waals surface area contributed by atoms with E-state index in [1.165, 1.54) is 5.56 Å². The molecule has 1 rings (SSSR count). The molecule has 3 heteroatoms. The number of halogens is 1. The van der Waals surface area contributed by atoms with Gasteiger partial charge in [-0.2, -0.15) is 0 Å². The summed E-state index contributed by atoms with van der Waals surface area (Å²) in [5.74, 6) is 0.119. The average Bonchev–Trinajstić information content (AvgIpc) is 2.32. The molecule has 0 aromatic heterocycles. The summed E-state index contributed by atoms with van der Waals surface area (Å²) in [5.41, 5.74) is 8.13. The third-order valence-corrected chi connectivity index (χ3v) is 2.92. The Morgan fingerprint density at radius 2 is 1.94 bits per heavy atom. The Bertz CT molecular complexity index is 297. The molecule has 2 unspecified atom stereocenters. The lowest BCUT2D eigenvalue weighted by Gasteiger charge is -2.20. The second-order valence-electron chi connectivity index (χ2n) is 4.10. The number of alkyl halides is 1. The highest BCUT2D eigenvalue weighted by molar-refractivity contribution is 5.26. The molecule has 0 heterocycles. The van der Waals surface area contributed by atoms with Gasteiger partial charge in [-0.3, -0.25) is 0 Å². The van der Waals surface area contributed by atoms with Crippen molar-refractivity contribution in [2.45, 2.75) is 31.8 Å². The van der Waals surface area contributed by atoms with Crippen molar-refractivity contribution < 1.29 is 4.39 Å². The molecule has 3 N–H and O–H groups in total. The Balaban J connectivity index is 2.78. The minimum Gasteiger partial charge on any atom is -0.325 e. The second-order valence-corrected chi connectivity index (χ2v) is 4.10. The van der Waals surface area contributed by atoms with Crippen LogP contribution in [0.3, 0.4) is 0 Å². The zero-order chi connectivity index (χ0) is 12.0. The molecule has 0 aliphatic rings. The van der Waals surface area contributed by atoms with Crippen molar-refractivity contribution in [2.24, 2.45) is 5.73 Å². The summed E-state index contributed by atoms with van der Waals surface area (Å²) >= 11 is 0. The molecule has 0 saturated carbocycles. The van der Waals surface area contributed by atoms with Gasteiger partial charge in [0.05, 0.1) is 0 Å². The van der Waals surface area contributed by atoms with Gasteiger partial charge in [-0.1, -0.05) is 31.2 Å². The van der Waals surface area contributed by atoms with Gasteiger partial charge in [0.1, 0.15) is 6.67 Å². The molecule has 90 valence electrons. The van der Waals surface area contributed by atoms with Crippen LogP contribution < -0.4 is 11.1 Å². The van der Waals surface area contributed by atoms with E-state index in [1.807, 2.05) is 14.0 Å². The number of nitrogens with two attached hydrogens (primary N) is 1. The van der Waals surface area contributed by atoms with Crippen LogP contribution in [-0.2, 0) is 6.54 Å². The molecular weight excluding hydrogens is 203 g/mol. The first kappa shape index (κ1) is 13.1. The lowest BCUT2D eigenvalue weighted by atomic mass is 9.90. The van der Waals surface area contributed by atoms with Crippen molar-refractivity contribution in [2.75, 3.05) is 13.7 Å². The van der Waals surface area contributed by atoms with E-state index in [4.69, 9.17) is 5.73 Å². The highest BCUT2D eigenvalue weighted by Crippen LogP contribution is 2.23. The zero-order valence-corrected chi connectivity index (χ0v) is 10.0. The zero-order valence-electron chi connectivity index (χ0n) is 10.0. The summed E-state index contributed by atoms with van der Waals surface area (Å²) in [5, 5.41) is 3.10. The third-order valence-electron chi connectivity index (χ3n) is 2.92. The fourth-order valence-corrected chi connectivity index (χ4v) is 1.98. The molecule has 1 aromatic rings. The van der Waals surface area contributed by atoms with Crippen LogP contribution in [0.4, 0.5) is 4.39 Å². The second kappa shape index (κ2) is 6.61. The summed E-state index contributed by atoms with van der Waals surface area (Å²) in [6.07, 6.45) is 0.871. The topological polar surface area (TPSA) is 38.0 Å². The van der Waals surface area contributed by atoms with E-state index < -0.39 is 6.67 Å². The summed E-state index contributed by atoms with van der Waals surface area (Å²) in [6, 6.07) is 7.85. The number of hydrogen-bond donors (Lipinski definition) is 2. The van der Waals surface area contributed by atoms with Crippen molar-refractivity contribution in [3.8, 4) is 0 Å². The molecule has 0 aliphatic carbocycles. The van der Waals surface area contributed by atoms with E-state index in [-0.39, 0.29) is 12.0 Å². The van der Waals surface area contributed by atoms with Crippen LogP contribution in [0, 0.1) is 0 Å². The molecule has 0 spiro atoms. The molecule has 0 fully saturated rings. The van der Waals surface area contributed by atoms with Gasteiger partial charge in [0.15, 0.2) is 0 Å². The normalized spacial score (nSPS) is 14.8. The Labute approximate surface area is 97.0 Å². The van der Waals surface area contributed by atoms with Crippen molar-refractivity contribution in [1.29, 1.82) is 0 Å². The third kappa shape index (κ3) is 3.29. The summed E-state index contributed by atoms with van der Waals surface area (Å²) < 4.78 is 12.6. The monoisotopic (exact) mass is 224 g/mol. The Kier molecular flexibility index (Phi) is 5.43. The van der Waals surface area contributed by atoms with Crippen molar-refractivity contribution in [1.82, 2.24) is 5.32 Å². The predicted octanol–water partition coefficient (Wildman–Crippen LogP) is 2.20.